The third-order valence-corrected chi connectivity index (χ3v) is 6.59. The van der Waals surface area contributed by atoms with Crippen molar-refractivity contribution in [2.45, 2.75) is 91.2 Å². The maximum Gasteiger partial charge on any atom is 0.408 e. The molecule has 1 saturated heterocycles. The largest absolute Gasteiger partial charge is 0.494 e. The van der Waals surface area contributed by atoms with Gasteiger partial charge >= 0.3 is 18.1 Å². The number of hydrogen-bond donors (Lipinski definition) is 2. The minimum atomic E-state index is -1.11. The number of rotatable bonds is 11. The summed E-state index contributed by atoms with van der Waals surface area (Å²) in [7, 11) is 0. The first kappa shape index (κ1) is 29.3. The van der Waals surface area contributed by atoms with Gasteiger partial charge in [0.15, 0.2) is 5.82 Å². The van der Waals surface area contributed by atoms with Crippen molar-refractivity contribution in [2.24, 2.45) is 5.92 Å². The lowest BCUT2D eigenvalue weighted by atomic mass is 9.92. The van der Waals surface area contributed by atoms with Gasteiger partial charge in [-0.3, -0.25) is 0 Å². The number of benzene rings is 1. The number of nitrogens with zero attached hydrogens (tertiary/aromatic N) is 3. The summed E-state index contributed by atoms with van der Waals surface area (Å²) in [5, 5.41) is 16.1. The van der Waals surface area contributed by atoms with Crippen LogP contribution in [-0.2, 0) is 16.0 Å². The van der Waals surface area contributed by atoms with Gasteiger partial charge in [0.05, 0.1) is 6.61 Å². The quantitative estimate of drug-likeness (QED) is 0.382. The molecule has 10 nitrogen and oxygen atoms in total. The number of carbonyl (C=O) groups excluding carboxylic acids is 1. The normalized spacial score (nSPS) is 15.4. The molecule has 1 fully saturated rings. The Morgan fingerprint density at radius 3 is 2.53 bits per heavy atom. The Morgan fingerprint density at radius 1 is 1.24 bits per heavy atom. The van der Waals surface area contributed by atoms with E-state index in [0.717, 1.165) is 61.5 Å². The number of anilines is 1. The number of aryl methyl sites for hydroxylation is 1. The number of aromatic nitrogens is 2. The summed E-state index contributed by atoms with van der Waals surface area (Å²) in [6, 6.07) is 5.16. The third kappa shape index (κ3) is 8.92. The fourth-order valence-corrected chi connectivity index (χ4v) is 4.42. The number of hydrogen-bond acceptors (Lipinski definition) is 8. The second-order valence-corrected chi connectivity index (χ2v) is 11.3. The van der Waals surface area contributed by atoms with Crippen LogP contribution in [0.25, 0.3) is 0 Å². The van der Waals surface area contributed by atoms with E-state index in [2.05, 4.69) is 34.2 Å². The number of carboxylic acids is 1. The number of piperidine rings is 1. The maximum absolute atomic E-state index is 12.0. The highest BCUT2D eigenvalue weighted by Crippen LogP contribution is 2.26. The number of aliphatic carboxylic acids is 1. The fraction of sp³-hybridized carbons (Fsp3) is 0.643. The highest BCUT2D eigenvalue weighted by Gasteiger charge is 2.25. The summed E-state index contributed by atoms with van der Waals surface area (Å²) in [5.41, 5.74) is 1.04. The Kier molecular flexibility index (Phi) is 9.99. The zero-order valence-corrected chi connectivity index (χ0v) is 23.5. The van der Waals surface area contributed by atoms with Crippen molar-refractivity contribution in [1.29, 1.82) is 0 Å². The van der Waals surface area contributed by atoms with Crippen LogP contribution in [0.2, 0.25) is 0 Å². The minimum absolute atomic E-state index is 0.155. The van der Waals surface area contributed by atoms with E-state index in [1.54, 1.807) is 20.8 Å². The number of ether oxygens (including phenoxy) is 2. The highest BCUT2D eigenvalue weighted by atomic mass is 16.6. The lowest BCUT2D eigenvalue weighted by molar-refractivity contribution is -0.139. The van der Waals surface area contributed by atoms with Crippen molar-refractivity contribution in [3.8, 4) is 5.75 Å². The predicted molar refractivity (Wildman–Crippen MR) is 144 cm³/mol. The van der Waals surface area contributed by atoms with Gasteiger partial charge in [0.1, 0.15) is 17.4 Å². The summed E-state index contributed by atoms with van der Waals surface area (Å²) < 4.78 is 16.6. The van der Waals surface area contributed by atoms with Gasteiger partial charge in [-0.1, -0.05) is 25.1 Å². The molecule has 0 spiro atoms. The van der Waals surface area contributed by atoms with Gasteiger partial charge in [0.25, 0.3) is 0 Å². The summed E-state index contributed by atoms with van der Waals surface area (Å²) in [4.78, 5) is 30.4. The topological polar surface area (TPSA) is 127 Å². The van der Waals surface area contributed by atoms with Gasteiger partial charge in [0.2, 0.25) is 0 Å². The monoisotopic (exact) mass is 530 g/mol. The van der Waals surface area contributed by atoms with Crippen LogP contribution in [0.15, 0.2) is 22.7 Å². The van der Waals surface area contributed by atoms with Crippen LogP contribution in [0.5, 0.6) is 5.75 Å². The highest BCUT2D eigenvalue weighted by molar-refractivity contribution is 5.80. The van der Waals surface area contributed by atoms with Crippen LogP contribution in [0.3, 0.4) is 0 Å². The van der Waals surface area contributed by atoms with Crippen LogP contribution >= 0.6 is 0 Å². The Bertz CT molecular complexity index is 1070. The Balaban J connectivity index is 1.40. The van der Waals surface area contributed by atoms with Gasteiger partial charge in [-0.05, 0) is 82.6 Å². The summed E-state index contributed by atoms with van der Waals surface area (Å²) in [5.74, 6) is 1.30. The van der Waals surface area contributed by atoms with Gasteiger partial charge in [-0.2, -0.15) is 4.98 Å². The zero-order chi connectivity index (χ0) is 27.9. The second-order valence-electron chi connectivity index (χ2n) is 11.3. The summed E-state index contributed by atoms with van der Waals surface area (Å²) in [6.45, 7) is 13.7. The Morgan fingerprint density at radius 2 is 1.95 bits per heavy atom. The zero-order valence-electron chi connectivity index (χ0n) is 23.5. The van der Waals surface area contributed by atoms with Crippen LogP contribution in [0.4, 0.5) is 10.8 Å². The SMILES string of the molecule is Cc1cc(OCCCC2CCN(c3nc(C(C)C)no3)CC2)ccc1CC(NC(=O)OC(C)(C)C)C(=O)O. The lowest BCUT2D eigenvalue weighted by Gasteiger charge is -2.30. The predicted octanol–water partition coefficient (Wildman–Crippen LogP) is 5.10. The molecule has 210 valence electrons. The molecular weight excluding hydrogens is 488 g/mol. The van der Waals surface area contributed by atoms with E-state index in [0.29, 0.717) is 18.5 Å². The molecule has 0 radical (unpaired) electrons. The Hall–Kier alpha value is -3.30. The van der Waals surface area contributed by atoms with E-state index >= 15 is 0 Å². The molecule has 38 heavy (non-hydrogen) atoms. The van der Waals surface area contributed by atoms with Crippen molar-refractivity contribution < 1.29 is 28.7 Å². The van der Waals surface area contributed by atoms with Gasteiger partial charge in [-0.15, -0.1) is 0 Å². The molecule has 1 aliphatic rings. The molecule has 0 bridgehead atoms. The first-order valence-corrected chi connectivity index (χ1v) is 13.4. The smallest absolute Gasteiger partial charge is 0.408 e. The molecule has 2 heterocycles. The standard InChI is InChI=1S/C28H42N4O6/c1-18(2)24-30-26(38-31-24)32-13-11-20(12-14-32)8-7-15-36-22-10-9-21(19(3)16-22)17-23(25(33)34)29-27(35)37-28(4,5)6/h9-10,16,18,20,23H,7-8,11-15,17H2,1-6H3,(H,29,35)(H,33,34). The van der Waals surface area contributed by atoms with Crippen molar-refractivity contribution in [2.75, 3.05) is 24.6 Å². The van der Waals surface area contributed by atoms with E-state index in [-0.39, 0.29) is 12.3 Å². The molecule has 1 aromatic carbocycles. The fourth-order valence-electron chi connectivity index (χ4n) is 4.42. The minimum Gasteiger partial charge on any atom is -0.494 e. The molecule has 2 aromatic rings. The molecule has 10 heteroatoms. The molecule has 0 aliphatic carbocycles. The first-order valence-electron chi connectivity index (χ1n) is 13.4. The second kappa shape index (κ2) is 13.0. The molecule has 3 rings (SSSR count). The van der Waals surface area contributed by atoms with Crippen LogP contribution in [0, 0.1) is 12.8 Å². The summed E-state index contributed by atoms with van der Waals surface area (Å²) in [6.07, 6.45) is 3.65. The summed E-state index contributed by atoms with van der Waals surface area (Å²) >= 11 is 0. The number of carbonyl (C=O) groups is 2. The average Bonchev–Trinajstić information content (AvgIpc) is 3.33. The Labute approximate surface area is 225 Å². The van der Waals surface area contributed by atoms with E-state index in [1.165, 1.54) is 0 Å². The first-order chi connectivity index (χ1) is 17.9. The molecule has 1 atom stereocenters. The van der Waals surface area contributed by atoms with Crippen molar-refractivity contribution in [1.82, 2.24) is 15.5 Å². The molecule has 1 amide bonds. The molecule has 1 aliphatic heterocycles. The van der Waals surface area contributed by atoms with E-state index in [4.69, 9.17) is 14.0 Å². The van der Waals surface area contributed by atoms with Crippen molar-refractivity contribution in [3.63, 3.8) is 0 Å². The van der Waals surface area contributed by atoms with Crippen molar-refractivity contribution >= 4 is 18.1 Å². The van der Waals surface area contributed by atoms with Crippen LogP contribution in [0.1, 0.15) is 83.2 Å². The molecule has 2 N–H and O–H groups in total. The number of amides is 1. The maximum atomic E-state index is 12.0. The molecular formula is C28H42N4O6. The van der Waals surface area contributed by atoms with E-state index in [1.807, 2.05) is 25.1 Å². The van der Waals surface area contributed by atoms with Crippen molar-refractivity contribution in [3.05, 3.63) is 35.2 Å². The molecule has 1 unspecified atom stereocenters. The van der Waals surface area contributed by atoms with Gasteiger partial charge in [-0.25, -0.2) is 9.59 Å². The average molecular weight is 531 g/mol. The third-order valence-electron chi connectivity index (χ3n) is 6.59. The van der Waals surface area contributed by atoms with E-state index < -0.39 is 23.7 Å². The lowest BCUT2D eigenvalue weighted by Crippen LogP contribution is -2.44. The van der Waals surface area contributed by atoms with Gasteiger partial charge in [0, 0.05) is 25.4 Å². The van der Waals surface area contributed by atoms with E-state index in [9.17, 15) is 14.7 Å². The number of carboxylic acid groups (broad SMARTS) is 1. The molecule has 0 saturated carbocycles. The van der Waals surface area contributed by atoms with Crippen LogP contribution < -0.4 is 15.0 Å². The van der Waals surface area contributed by atoms with Crippen LogP contribution in [-0.4, -0.2) is 58.6 Å². The number of alkyl carbamates (subject to hydrolysis) is 1. The number of nitrogens with one attached hydrogen (secondary N) is 1. The molecule has 1 aromatic heterocycles. The van der Waals surface area contributed by atoms with Gasteiger partial charge < -0.3 is 29.3 Å².